The lowest BCUT2D eigenvalue weighted by atomic mass is 9.87. The highest BCUT2D eigenvalue weighted by Crippen LogP contribution is 2.42. The molecule has 20 heavy (non-hydrogen) atoms. The lowest BCUT2D eigenvalue weighted by Crippen LogP contribution is -2.47. The fraction of sp³-hybridized carbons (Fsp3) is 0.600. The van der Waals surface area contributed by atoms with Gasteiger partial charge in [0.25, 0.3) is 0 Å². The molecule has 0 aromatic heterocycles. The summed E-state index contributed by atoms with van der Waals surface area (Å²) in [5, 5.41) is 2.72. The molecule has 0 radical (unpaired) electrons. The van der Waals surface area contributed by atoms with E-state index in [9.17, 15) is 12.8 Å². The van der Waals surface area contributed by atoms with E-state index in [0.717, 1.165) is 6.42 Å². The van der Waals surface area contributed by atoms with Crippen molar-refractivity contribution in [1.82, 2.24) is 5.32 Å². The molecule has 1 aromatic rings. The van der Waals surface area contributed by atoms with Crippen LogP contribution in [0.15, 0.2) is 29.2 Å². The van der Waals surface area contributed by atoms with E-state index >= 15 is 0 Å². The van der Waals surface area contributed by atoms with Crippen LogP contribution in [0, 0.1) is 11.2 Å². The molecule has 1 aliphatic rings. The molecular formula is C15H22FNO2S. The highest BCUT2D eigenvalue weighted by atomic mass is 32.2. The van der Waals surface area contributed by atoms with Gasteiger partial charge in [0.2, 0.25) is 0 Å². The van der Waals surface area contributed by atoms with E-state index in [0.29, 0.717) is 13.0 Å². The molecule has 2 unspecified atom stereocenters. The first-order chi connectivity index (χ1) is 9.30. The number of nitrogens with one attached hydrogen (secondary N) is 1. The zero-order chi connectivity index (χ0) is 15.0. The number of rotatable bonds is 4. The standard InChI is InChI=1S/C15H22FNO2S/c1-4-17-14-13(9-10-15(14,2)3)20(18,19)12-8-6-5-7-11(12)16/h5-8,13-14,17H,4,9-10H2,1-3H3. The fourth-order valence-electron chi connectivity index (χ4n) is 3.14. The van der Waals surface area contributed by atoms with Crippen LogP contribution in [0.2, 0.25) is 0 Å². The maximum Gasteiger partial charge on any atom is 0.185 e. The van der Waals surface area contributed by atoms with Crippen LogP contribution in [0.4, 0.5) is 4.39 Å². The molecule has 0 aliphatic heterocycles. The minimum atomic E-state index is -3.65. The van der Waals surface area contributed by atoms with Gasteiger partial charge in [-0.05, 0) is 36.9 Å². The molecule has 5 heteroatoms. The van der Waals surface area contributed by atoms with E-state index in [1.54, 1.807) is 6.07 Å². The molecule has 3 nitrogen and oxygen atoms in total. The molecule has 1 aromatic carbocycles. The summed E-state index contributed by atoms with van der Waals surface area (Å²) in [6.07, 6.45) is 1.39. The zero-order valence-electron chi connectivity index (χ0n) is 12.2. The molecule has 0 amide bonds. The van der Waals surface area contributed by atoms with Crippen LogP contribution in [0.25, 0.3) is 0 Å². The molecule has 2 rings (SSSR count). The van der Waals surface area contributed by atoms with Gasteiger partial charge in [0, 0.05) is 6.04 Å². The molecule has 112 valence electrons. The number of hydrogen-bond acceptors (Lipinski definition) is 3. The first-order valence-electron chi connectivity index (χ1n) is 7.02. The van der Waals surface area contributed by atoms with Gasteiger partial charge in [-0.1, -0.05) is 32.9 Å². The van der Waals surface area contributed by atoms with Crippen molar-refractivity contribution in [2.24, 2.45) is 5.41 Å². The molecular weight excluding hydrogens is 277 g/mol. The maximum absolute atomic E-state index is 13.8. The predicted molar refractivity (Wildman–Crippen MR) is 77.9 cm³/mol. The minimum absolute atomic E-state index is 0.0982. The van der Waals surface area contributed by atoms with Gasteiger partial charge in [-0.25, -0.2) is 12.8 Å². The Balaban J connectivity index is 2.42. The van der Waals surface area contributed by atoms with E-state index in [1.165, 1.54) is 18.2 Å². The fourth-order valence-corrected chi connectivity index (χ4v) is 5.33. The Morgan fingerprint density at radius 3 is 2.60 bits per heavy atom. The van der Waals surface area contributed by atoms with E-state index in [4.69, 9.17) is 0 Å². The molecule has 1 saturated carbocycles. The molecule has 0 saturated heterocycles. The Bertz CT molecular complexity index is 583. The van der Waals surface area contributed by atoms with Crippen molar-refractivity contribution in [1.29, 1.82) is 0 Å². The third kappa shape index (κ3) is 2.61. The van der Waals surface area contributed by atoms with Gasteiger partial charge >= 0.3 is 0 Å². The maximum atomic E-state index is 13.8. The van der Waals surface area contributed by atoms with E-state index in [-0.39, 0.29) is 16.4 Å². The monoisotopic (exact) mass is 299 g/mol. The molecule has 1 aliphatic carbocycles. The summed E-state index contributed by atoms with van der Waals surface area (Å²) in [6.45, 7) is 6.80. The van der Waals surface area contributed by atoms with Crippen molar-refractivity contribution in [2.75, 3.05) is 6.54 Å². The second-order valence-electron chi connectivity index (χ2n) is 6.08. The Kier molecular flexibility index (Phi) is 4.21. The molecule has 1 N–H and O–H groups in total. The second-order valence-corrected chi connectivity index (χ2v) is 8.21. The van der Waals surface area contributed by atoms with Gasteiger partial charge in [0.15, 0.2) is 9.84 Å². The summed E-state index contributed by atoms with van der Waals surface area (Å²) in [4.78, 5) is -0.175. The van der Waals surface area contributed by atoms with Crippen LogP contribution in [-0.4, -0.2) is 26.3 Å². The van der Waals surface area contributed by atoms with Crippen LogP contribution < -0.4 is 5.32 Å². The Labute approximate surface area is 120 Å². The van der Waals surface area contributed by atoms with Crippen molar-refractivity contribution < 1.29 is 12.8 Å². The van der Waals surface area contributed by atoms with Gasteiger partial charge in [0.05, 0.1) is 5.25 Å². The van der Waals surface area contributed by atoms with Crippen molar-refractivity contribution in [2.45, 2.75) is 49.8 Å². The minimum Gasteiger partial charge on any atom is -0.312 e. The summed E-state index contributed by atoms with van der Waals surface area (Å²) in [5.41, 5.74) is -0.0982. The molecule has 2 atom stereocenters. The predicted octanol–water partition coefficient (Wildman–Crippen LogP) is 2.77. The molecule has 0 spiro atoms. The van der Waals surface area contributed by atoms with E-state index in [2.05, 4.69) is 19.2 Å². The van der Waals surface area contributed by atoms with Crippen LogP contribution in [0.1, 0.15) is 33.6 Å². The van der Waals surface area contributed by atoms with Gasteiger partial charge < -0.3 is 5.32 Å². The third-order valence-electron chi connectivity index (χ3n) is 4.25. The SMILES string of the molecule is CCNC1C(S(=O)(=O)c2ccccc2F)CCC1(C)C. The number of hydrogen-bond donors (Lipinski definition) is 1. The number of sulfone groups is 1. The summed E-state index contributed by atoms with van der Waals surface area (Å²) >= 11 is 0. The van der Waals surface area contributed by atoms with E-state index < -0.39 is 20.9 Å². The smallest absolute Gasteiger partial charge is 0.185 e. The average molecular weight is 299 g/mol. The average Bonchev–Trinajstić information content (AvgIpc) is 2.67. The normalized spacial score (nSPS) is 25.8. The van der Waals surface area contributed by atoms with Gasteiger partial charge in [-0.15, -0.1) is 0 Å². The van der Waals surface area contributed by atoms with Crippen molar-refractivity contribution in [3.05, 3.63) is 30.1 Å². The lowest BCUT2D eigenvalue weighted by molar-refractivity contribution is 0.288. The van der Waals surface area contributed by atoms with Crippen LogP contribution in [-0.2, 0) is 9.84 Å². The van der Waals surface area contributed by atoms with Crippen molar-refractivity contribution in [3.63, 3.8) is 0 Å². The highest BCUT2D eigenvalue weighted by Gasteiger charge is 2.48. The lowest BCUT2D eigenvalue weighted by Gasteiger charge is -2.31. The second kappa shape index (κ2) is 5.45. The van der Waals surface area contributed by atoms with Crippen LogP contribution >= 0.6 is 0 Å². The molecule has 0 bridgehead atoms. The first kappa shape index (κ1) is 15.4. The van der Waals surface area contributed by atoms with Crippen molar-refractivity contribution in [3.8, 4) is 0 Å². The summed E-state index contributed by atoms with van der Waals surface area (Å²) in [6, 6.07) is 5.50. The van der Waals surface area contributed by atoms with Crippen molar-refractivity contribution >= 4 is 9.84 Å². The van der Waals surface area contributed by atoms with E-state index in [1.807, 2.05) is 6.92 Å². The Morgan fingerprint density at radius 1 is 1.35 bits per heavy atom. The van der Waals surface area contributed by atoms with Crippen LogP contribution in [0.3, 0.4) is 0 Å². The van der Waals surface area contributed by atoms with Gasteiger partial charge in [0.1, 0.15) is 10.7 Å². The highest BCUT2D eigenvalue weighted by molar-refractivity contribution is 7.92. The van der Waals surface area contributed by atoms with Crippen LogP contribution in [0.5, 0.6) is 0 Å². The third-order valence-corrected chi connectivity index (χ3v) is 6.50. The largest absolute Gasteiger partial charge is 0.312 e. The summed E-state index contributed by atoms with van der Waals surface area (Å²) in [5.74, 6) is -0.660. The quantitative estimate of drug-likeness (QED) is 0.930. The molecule has 0 heterocycles. The Morgan fingerprint density at radius 2 is 2.00 bits per heavy atom. The summed E-state index contributed by atoms with van der Waals surface area (Å²) in [7, 11) is -3.65. The summed E-state index contributed by atoms with van der Waals surface area (Å²) < 4.78 is 39.3. The number of halogens is 1. The zero-order valence-corrected chi connectivity index (χ0v) is 13.0. The first-order valence-corrected chi connectivity index (χ1v) is 8.57. The van der Waals surface area contributed by atoms with Gasteiger partial charge in [-0.3, -0.25) is 0 Å². The molecule has 1 fully saturated rings. The Hall–Kier alpha value is -0.940. The topological polar surface area (TPSA) is 46.2 Å². The van der Waals surface area contributed by atoms with Gasteiger partial charge in [-0.2, -0.15) is 0 Å². The number of benzene rings is 1.